The Morgan fingerprint density at radius 2 is 2.31 bits per heavy atom. The molecule has 0 aliphatic carbocycles. The minimum absolute atomic E-state index is 0.00785. The van der Waals surface area contributed by atoms with Crippen LogP contribution in [0.15, 0.2) is 18.2 Å². The molecule has 0 unspecified atom stereocenters. The summed E-state index contributed by atoms with van der Waals surface area (Å²) >= 11 is 0. The summed E-state index contributed by atoms with van der Waals surface area (Å²) in [5.74, 6) is -0.549. The molecule has 2 rings (SSSR count). The number of hydrogen-bond acceptors (Lipinski definition) is 4. The van der Waals surface area contributed by atoms with Gasteiger partial charge in [0, 0.05) is 6.07 Å². The zero-order valence-electron chi connectivity index (χ0n) is 8.34. The maximum absolute atomic E-state index is 11.5. The maximum atomic E-state index is 11.5. The van der Waals surface area contributed by atoms with Crippen LogP contribution in [0.1, 0.15) is 0 Å². The van der Waals surface area contributed by atoms with Gasteiger partial charge in [0.15, 0.2) is 6.61 Å². The number of nitrogens with zero attached hydrogens (tertiary/aromatic N) is 1. The number of fused-ring (bicyclic) bond motifs is 1. The van der Waals surface area contributed by atoms with Crippen molar-refractivity contribution in [3.05, 3.63) is 18.2 Å². The Morgan fingerprint density at radius 1 is 1.56 bits per heavy atom. The van der Waals surface area contributed by atoms with E-state index in [1.807, 2.05) is 0 Å². The maximum Gasteiger partial charge on any atom is 0.265 e. The molecule has 84 valence electrons. The van der Waals surface area contributed by atoms with Crippen LogP contribution in [-0.2, 0) is 9.59 Å². The van der Waals surface area contributed by atoms with Crippen molar-refractivity contribution >= 4 is 17.5 Å². The van der Waals surface area contributed by atoms with Crippen molar-refractivity contribution < 1.29 is 19.4 Å². The third kappa shape index (κ3) is 1.77. The van der Waals surface area contributed by atoms with Crippen LogP contribution in [0.3, 0.4) is 0 Å². The van der Waals surface area contributed by atoms with Crippen molar-refractivity contribution in [2.24, 2.45) is 5.73 Å². The van der Waals surface area contributed by atoms with Gasteiger partial charge < -0.3 is 15.6 Å². The lowest BCUT2D eigenvalue weighted by Gasteiger charge is -2.28. The molecule has 3 N–H and O–H groups in total. The molecule has 0 spiro atoms. The molecule has 0 radical (unpaired) electrons. The second kappa shape index (κ2) is 3.73. The van der Waals surface area contributed by atoms with E-state index in [0.717, 1.165) is 0 Å². The Labute approximate surface area is 91.2 Å². The number of phenolic OH excluding ortho intramolecular Hbond substituents is 1. The van der Waals surface area contributed by atoms with Gasteiger partial charge in [-0.3, -0.25) is 14.5 Å². The predicted octanol–water partition coefficient (Wildman–Crippen LogP) is -0.397. The molecule has 6 heteroatoms. The summed E-state index contributed by atoms with van der Waals surface area (Å²) in [7, 11) is 0. The van der Waals surface area contributed by atoms with Gasteiger partial charge in [-0.05, 0) is 12.1 Å². The molecule has 1 aromatic carbocycles. The lowest BCUT2D eigenvalue weighted by Crippen LogP contribution is -2.43. The number of ether oxygens (including phenoxy) is 1. The van der Waals surface area contributed by atoms with Crippen LogP contribution in [-0.4, -0.2) is 30.1 Å². The molecule has 0 bridgehead atoms. The van der Waals surface area contributed by atoms with E-state index in [1.54, 1.807) is 0 Å². The summed E-state index contributed by atoms with van der Waals surface area (Å²) in [6.07, 6.45) is 0. The molecular formula is C10H10N2O4. The zero-order valence-corrected chi connectivity index (χ0v) is 8.34. The first-order chi connectivity index (χ1) is 7.58. The fraction of sp³-hybridized carbons (Fsp3) is 0.200. The number of phenols is 1. The van der Waals surface area contributed by atoms with Gasteiger partial charge in [0.25, 0.3) is 5.91 Å². The van der Waals surface area contributed by atoms with E-state index in [2.05, 4.69) is 0 Å². The van der Waals surface area contributed by atoms with E-state index in [-0.39, 0.29) is 24.8 Å². The van der Waals surface area contributed by atoms with E-state index >= 15 is 0 Å². The topological polar surface area (TPSA) is 92.9 Å². The lowest BCUT2D eigenvalue weighted by atomic mass is 10.2. The highest BCUT2D eigenvalue weighted by Crippen LogP contribution is 2.34. The summed E-state index contributed by atoms with van der Waals surface area (Å²) in [5, 5.41) is 9.32. The number of carbonyl (C=O) groups is 2. The highest BCUT2D eigenvalue weighted by atomic mass is 16.5. The standard InChI is InChI=1S/C10H10N2O4/c11-9(14)4-12-7-3-6(13)1-2-8(7)16-5-10(12)15/h1-3,13H,4-5H2,(H2,11,14). The number of rotatable bonds is 2. The van der Waals surface area contributed by atoms with E-state index in [9.17, 15) is 14.7 Å². The highest BCUT2D eigenvalue weighted by molar-refractivity contribution is 6.02. The smallest absolute Gasteiger partial charge is 0.265 e. The van der Waals surface area contributed by atoms with Crippen LogP contribution in [0.25, 0.3) is 0 Å². The Balaban J connectivity index is 2.42. The van der Waals surface area contributed by atoms with Crippen LogP contribution in [0.2, 0.25) is 0 Å². The monoisotopic (exact) mass is 222 g/mol. The average molecular weight is 222 g/mol. The van der Waals surface area contributed by atoms with Crippen molar-refractivity contribution in [2.75, 3.05) is 18.1 Å². The predicted molar refractivity (Wildman–Crippen MR) is 55.1 cm³/mol. The molecule has 1 heterocycles. The molecule has 0 fully saturated rings. The molecule has 16 heavy (non-hydrogen) atoms. The van der Waals surface area contributed by atoms with E-state index < -0.39 is 5.91 Å². The first kappa shape index (κ1) is 10.3. The van der Waals surface area contributed by atoms with Gasteiger partial charge in [-0.25, -0.2) is 0 Å². The van der Waals surface area contributed by atoms with Gasteiger partial charge in [-0.2, -0.15) is 0 Å². The molecule has 0 saturated carbocycles. The van der Waals surface area contributed by atoms with Gasteiger partial charge in [0.1, 0.15) is 18.0 Å². The lowest BCUT2D eigenvalue weighted by molar-refractivity contribution is -0.124. The third-order valence-electron chi connectivity index (χ3n) is 2.20. The number of primary amides is 1. The van der Waals surface area contributed by atoms with Crippen molar-refractivity contribution in [1.82, 2.24) is 0 Å². The molecule has 0 aromatic heterocycles. The quantitative estimate of drug-likeness (QED) is 0.712. The zero-order chi connectivity index (χ0) is 11.7. The molecule has 0 atom stereocenters. The van der Waals surface area contributed by atoms with Crippen molar-refractivity contribution in [2.45, 2.75) is 0 Å². The number of hydrogen-bond donors (Lipinski definition) is 2. The summed E-state index contributed by atoms with van der Waals surface area (Å²) < 4.78 is 5.15. The normalized spacial score (nSPS) is 14.2. The number of aromatic hydroxyl groups is 1. The van der Waals surface area contributed by atoms with Crippen LogP contribution in [0.5, 0.6) is 11.5 Å². The Kier molecular flexibility index (Phi) is 2.40. The first-order valence-corrected chi connectivity index (χ1v) is 4.62. The Bertz CT molecular complexity index is 458. The number of anilines is 1. The van der Waals surface area contributed by atoms with Gasteiger partial charge in [0.05, 0.1) is 5.69 Å². The first-order valence-electron chi connectivity index (χ1n) is 4.62. The van der Waals surface area contributed by atoms with E-state index in [4.69, 9.17) is 10.5 Å². The summed E-state index contributed by atoms with van der Waals surface area (Å²) in [6.45, 7) is -0.357. The second-order valence-electron chi connectivity index (χ2n) is 3.39. The molecule has 6 nitrogen and oxygen atoms in total. The number of nitrogens with two attached hydrogens (primary N) is 1. The molecule has 0 saturated heterocycles. The second-order valence-corrected chi connectivity index (χ2v) is 3.39. The van der Waals surface area contributed by atoms with Crippen molar-refractivity contribution in [1.29, 1.82) is 0 Å². The van der Waals surface area contributed by atoms with Crippen LogP contribution >= 0.6 is 0 Å². The van der Waals surface area contributed by atoms with Gasteiger partial charge >= 0.3 is 0 Å². The molecule has 2 amide bonds. The SMILES string of the molecule is NC(=O)CN1C(=O)COc2ccc(O)cc21. The van der Waals surface area contributed by atoms with Crippen molar-refractivity contribution in [3.63, 3.8) is 0 Å². The number of amides is 2. The van der Waals surface area contributed by atoms with Crippen LogP contribution < -0.4 is 15.4 Å². The Hall–Kier alpha value is -2.24. The number of carbonyl (C=O) groups excluding carboxylic acids is 2. The van der Waals surface area contributed by atoms with Crippen molar-refractivity contribution in [3.8, 4) is 11.5 Å². The third-order valence-corrected chi connectivity index (χ3v) is 2.20. The summed E-state index contributed by atoms with van der Waals surface area (Å²) in [5.41, 5.74) is 5.40. The largest absolute Gasteiger partial charge is 0.508 e. The molecule has 1 aliphatic rings. The average Bonchev–Trinajstić information content (AvgIpc) is 2.22. The fourth-order valence-electron chi connectivity index (χ4n) is 1.52. The van der Waals surface area contributed by atoms with Crippen LogP contribution in [0.4, 0.5) is 5.69 Å². The fourth-order valence-corrected chi connectivity index (χ4v) is 1.52. The molecular weight excluding hydrogens is 212 g/mol. The van der Waals surface area contributed by atoms with Crippen LogP contribution in [0, 0.1) is 0 Å². The Morgan fingerprint density at radius 3 is 3.00 bits per heavy atom. The summed E-state index contributed by atoms with van der Waals surface area (Å²) in [4.78, 5) is 23.5. The highest BCUT2D eigenvalue weighted by Gasteiger charge is 2.26. The van der Waals surface area contributed by atoms with E-state index in [0.29, 0.717) is 11.4 Å². The van der Waals surface area contributed by atoms with Gasteiger partial charge in [0.2, 0.25) is 5.91 Å². The summed E-state index contributed by atoms with van der Waals surface area (Å²) in [6, 6.07) is 4.33. The minimum atomic E-state index is -0.621. The minimum Gasteiger partial charge on any atom is -0.508 e. The van der Waals surface area contributed by atoms with Gasteiger partial charge in [-0.15, -0.1) is 0 Å². The molecule has 1 aromatic rings. The molecule has 1 aliphatic heterocycles. The van der Waals surface area contributed by atoms with E-state index in [1.165, 1.54) is 23.1 Å². The van der Waals surface area contributed by atoms with Gasteiger partial charge in [-0.1, -0.05) is 0 Å². The number of benzene rings is 1.